The molecule has 1 aromatic carbocycles. The molecule has 1 aromatic rings. The molecule has 1 aliphatic heterocycles. The van der Waals surface area contributed by atoms with Crippen molar-refractivity contribution in [3.8, 4) is 11.5 Å². The average molecular weight is 281 g/mol. The van der Waals surface area contributed by atoms with E-state index in [1.807, 2.05) is 0 Å². The highest BCUT2D eigenvalue weighted by atomic mass is 32.2. The largest absolute Gasteiger partial charge is 0.493 e. The van der Waals surface area contributed by atoms with E-state index in [0.29, 0.717) is 23.5 Å². The van der Waals surface area contributed by atoms with Crippen LogP contribution in [0.4, 0.5) is 0 Å². The Morgan fingerprint density at radius 1 is 1.37 bits per heavy atom. The minimum atomic E-state index is -0.409. The Morgan fingerprint density at radius 3 is 2.74 bits per heavy atom. The molecule has 1 N–H and O–H groups in total. The van der Waals surface area contributed by atoms with E-state index in [-0.39, 0.29) is 11.0 Å². The number of benzene rings is 1. The molecule has 19 heavy (non-hydrogen) atoms. The van der Waals surface area contributed by atoms with E-state index in [1.54, 1.807) is 18.2 Å². The number of methoxy groups -OCH3 is 2. The zero-order valence-electron chi connectivity index (χ0n) is 10.8. The molecule has 1 amide bonds. The van der Waals surface area contributed by atoms with Crippen LogP contribution in [0.15, 0.2) is 18.2 Å². The van der Waals surface area contributed by atoms with Gasteiger partial charge in [-0.15, -0.1) is 0 Å². The summed E-state index contributed by atoms with van der Waals surface area (Å²) in [7, 11) is 2.99. The molecule has 1 saturated heterocycles. The fourth-order valence-electron chi connectivity index (χ4n) is 1.93. The lowest BCUT2D eigenvalue weighted by Gasteiger charge is -2.14. The lowest BCUT2D eigenvalue weighted by Crippen LogP contribution is -2.37. The molecule has 0 spiro atoms. The Hall–Kier alpha value is -1.69. The molecular weight excluding hydrogens is 266 g/mol. The second-order valence-electron chi connectivity index (χ2n) is 4.02. The first-order chi connectivity index (χ1) is 9.17. The third-order valence-electron chi connectivity index (χ3n) is 2.89. The smallest absolute Gasteiger partial charge is 0.255 e. The second kappa shape index (κ2) is 5.97. The van der Waals surface area contributed by atoms with Gasteiger partial charge in [-0.05, 0) is 18.6 Å². The molecule has 1 heterocycles. The molecule has 2 rings (SSSR count). The molecule has 0 bridgehead atoms. The van der Waals surface area contributed by atoms with Gasteiger partial charge in [0, 0.05) is 5.75 Å². The topological polar surface area (TPSA) is 64.6 Å². The number of para-hydroxylation sites is 1. The van der Waals surface area contributed by atoms with Crippen molar-refractivity contribution < 1.29 is 19.1 Å². The molecule has 1 atom stereocenters. The van der Waals surface area contributed by atoms with Crippen LogP contribution in [0, 0.1) is 0 Å². The van der Waals surface area contributed by atoms with Gasteiger partial charge in [-0.3, -0.25) is 9.59 Å². The predicted molar refractivity (Wildman–Crippen MR) is 72.9 cm³/mol. The Balaban J connectivity index is 2.21. The van der Waals surface area contributed by atoms with E-state index in [0.717, 1.165) is 5.75 Å². The number of nitrogens with one attached hydrogen (secondary N) is 1. The van der Waals surface area contributed by atoms with Gasteiger partial charge in [-0.1, -0.05) is 17.8 Å². The standard InChI is InChI=1S/C13H15NO4S/c1-17-10-5-3-4-8(11(10)18-2)12(15)14-9-6-7-19-13(9)16/h3-5,9H,6-7H2,1-2H3,(H,14,15)/t9-/m0/s1. The van der Waals surface area contributed by atoms with Crippen molar-refractivity contribution in [2.75, 3.05) is 20.0 Å². The molecule has 0 aromatic heterocycles. The summed E-state index contributed by atoms with van der Waals surface area (Å²) in [6.45, 7) is 0. The van der Waals surface area contributed by atoms with Crippen LogP contribution in [0.2, 0.25) is 0 Å². The Bertz CT molecular complexity index is 503. The van der Waals surface area contributed by atoms with Crippen LogP contribution in [0.1, 0.15) is 16.8 Å². The second-order valence-corrected chi connectivity index (χ2v) is 5.12. The summed E-state index contributed by atoms with van der Waals surface area (Å²) in [4.78, 5) is 23.7. The van der Waals surface area contributed by atoms with Crippen molar-refractivity contribution in [2.45, 2.75) is 12.5 Å². The molecule has 5 nitrogen and oxygen atoms in total. The van der Waals surface area contributed by atoms with Gasteiger partial charge in [0.25, 0.3) is 5.91 Å². The number of thioether (sulfide) groups is 1. The highest BCUT2D eigenvalue weighted by Crippen LogP contribution is 2.31. The first kappa shape index (κ1) is 13.7. The van der Waals surface area contributed by atoms with Crippen molar-refractivity contribution in [3.05, 3.63) is 23.8 Å². The Kier molecular flexibility index (Phi) is 4.31. The fourth-order valence-corrected chi connectivity index (χ4v) is 2.86. The van der Waals surface area contributed by atoms with Gasteiger partial charge in [-0.25, -0.2) is 0 Å². The number of ether oxygens (including phenoxy) is 2. The maximum absolute atomic E-state index is 12.2. The highest BCUT2D eigenvalue weighted by molar-refractivity contribution is 8.14. The Morgan fingerprint density at radius 2 is 2.16 bits per heavy atom. The van der Waals surface area contributed by atoms with Crippen molar-refractivity contribution in [2.24, 2.45) is 0 Å². The first-order valence-electron chi connectivity index (χ1n) is 5.86. The van der Waals surface area contributed by atoms with Crippen LogP contribution in [0.5, 0.6) is 11.5 Å². The van der Waals surface area contributed by atoms with Crippen LogP contribution in [-0.2, 0) is 4.79 Å². The molecule has 0 saturated carbocycles. The van der Waals surface area contributed by atoms with Gasteiger partial charge in [0.2, 0.25) is 5.12 Å². The molecular formula is C13H15NO4S. The van der Waals surface area contributed by atoms with E-state index < -0.39 is 6.04 Å². The lowest BCUT2D eigenvalue weighted by atomic mass is 10.1. The Labute approximate surface area is 115 Å². The summed E-state index contributed by atoms with van der Waals surface area (Å²) in [5, 5.41) is 2.74. The van der Waals surface area contributed by atoms with Gasteiger partial charge in [0.1, 0.15) is 0 Å². The minimum absolute atomic E-state index is 0.00946. The summed E-state index contributed by atoms with van der Waals surface area (Å²) in [6, 6.07) is 4.66. The lowest BCUT2D eigenvalue weighted by molar-refractivity contribution is -0.112. The van der Waals surface area contributed by atoms with Crippen LogP contribution in [0.25, 0.3) is 0 Å². The zero-order chi connectivity index (χ0) is 13.8. The van der Waals surface area contributed by atoms with Gasteiger partial charge in [0.05, 0.1) is 25.8 Å². The molecule has 6 heteroatoms. The number of carbonyl (C=O) groups excluding carboxylic acids is 2. The van der Waals surface area contributed by atoms with Crippen LogP contribution < -0.4 is 14.8 Å². The van der Waals surface area contributed by atoms with Crippen LogP contribution >= 0.6 is 11.8 Å². The fraction of sp³-hybridized carbons (Fsp3) is 0.385. The van der Waals surface area contributed by atoms with Crippen molar-refractivity contribution in [3.63, 3.8) is 0 Å². The van der Waals surface area contributed by atoms with Crippen LogP contribution in [-0.4, -0.2) is 37.0 Å². The summed E-state index contributed by atoms with van der Waals surface area (Å²) < 4.78 is 10.3. The van der Waals surface area contributed by atoms with E-state index in [2.05, 4.69) is 5.32 Å². The number of carbonyl (C=O) groups is 2. The monoisotopic (exact) mass is 281 g/mol. The molecule has 0 unspecified atom stereocenters. The van der Waals surface area contributed by atoms with Gasteiger partial charge in [0.15, 0.2) is 11.5 Å². The SMILES string of the molecule is COc1cccc(C(=O)N[C@H]2CCSC2=O)c1OC. The van der Waals surface area contributed by atoms with Crippen molar-refractivity contribution >= 4 is 22.8 Å². The summed E-state index contributed by atoms with van der Waals surface area (Å²) in [6.07, 6.45) is 0.668. The molecule has 1 fully saturated rings. The average Bonchev–Trinajstić information content (AvgIpc) is 2.83. The molecule has 0 aliphatic carbocycles. The quantitative estimate of drug-likeness (QED) is 0.905. The maximum Gasteiger partial charge on any atom is 0.255 e. The summed E-state index contributed by atoms with van der Waals surface area (Å²) in [5.41, 5.74) is 0.367. The van der Waals surface area contributed by atoms with Crippen molar-refractivity contribution in [1.82, 2.24) is 5.32 Å². The van der Waals surface area contributed by atoms with Gasteiger partial charge >= 0.3 is 0 Å². The van der Waals surface area contributed by atoms with Crippen molar-refractivity contribution in [1.29, 1.82) is 0 Å². The summed E-state index contributed by atoms with van der Waals surface area (Å²) >= 11 is 1.25. The maximum atomic E-state index is 12.2. The number of amides is 1. The number of rotatable bonds is 4. The normalized spacial score (nSPS) is 18.2. The summed E-state index contributed by atoms with van der Waals surface area (Å²) in [5.74, 6) is 1.29. The van der Waals surface area contributed by atoms with Gasteiger partial charge in [-0.2, -0.15) is 0 Å². The third-order valence-corrected chi connectivity index (χ3v) is 3.90. The van der Waals surface area contributed by atoms with E-state index >= 15 is 0 Å². The predicted octanol–water partition coefficient (Wildman–Crippen LogP) is 1.47. The molecule has 102 valence electrons. The minimum Gasteiger partial charge on any atom is -0.493 e. The molecule has 0 radical (unpaired) electrons. The first-order valence-corrected chi connectivity index (χ1v) is 6.84. The van der Waals surface area contributed by atoms with E-state index in [1.165, 1.54) is 26.0 Å². The molecule has 1 aliphatic rings. The highest BCUT2D eigenvalue weighted by Gasteiger charge is 2.28. The number of hydrogen-bond acceptors (Lipinski definition) is 5. The van der Waals surface area contributed by atoms with Crippen LogP contribution in [0.3, 0.4) is 0 Å². The zero-order valence-corrected chi connectivity index (χ0v) is 11.6. The third kappa shape index (κ3) is 2.84. The van der Waals surface area contributed by atoms with E-state index in [4.69, 9.17) is 9.47 Å². The van der Waals surface area contributed by atoms with E-state index in [9.17, 15) is 9.59 Å². The van der Waals surface area contributed by atoms with Gasteiger partial charge < -0.3 is 14.8 Å². The number of hydrogen-bond donors (Lipinski definition) is 1.